The van der Waals surface area contributed by atoms with Gasteiger partial charge in [-0.15, -0.1) is 0 Å². The van der Waals surface area contributed by atoms with Crippen molar-refractivity contribution < 1.29 is 0 Å². The van der Waals surface area contributed by atoms with Gasteiger partial charge in [0.05, 0.1) is 11.2 Å². The van der Waals surface area contributed by atoms with Crippen molar-refractivity contribution in [3.8, 4) is 11.3 Å². The van der Waals surface area contributed by atoms with Gasteiger partial charge in [-0.3, -0.25) is 4.98 Å². The molecule has 0 aliphatic heterocycles. The fourth-order valence-corrected chi connectivity index (χ4v) is 2.25. The molecule has 0 fully saturated rings. The fraction of sp³-hybridized carbons (Fsp3) is 0.188. The third-order valence-electron chi connectivity index (χ3n) is 3.27. The summed E-state index contributed by atoms with van der Waals surface area (Å²) in [5.41, 5.74) is 3.00. The van der Waals surface area contributed by atoms with Gasteiger partial charge in [-0.1, -0.05) is 25.1 Å². The molecule has 0 atom stereocenters. The van der Waals surface area contributed by atoms with E-state index < -0.39 is 0 Å². The van der Waals surface area contributed by atoms with Crippen LogP contribution in [0.15, 0.2) is 42.6 Å². The Labute approximate surface area is 117 Å². The number of hydrogen-bond acceptors (Lipinski definition) is 4. The maximum atomic E-state index is 4.64. The Morgan fingerprint density at radius 1 is 1.10 bits per heavy atom. The number of benzene rings is 1. The van der Waals surface area contributed by atoms with Crippen molar-refractivity contribution in [2.75, 3.05) is 12.4 Å². The van der Waals surface area contributed by atoms with Crippen LogP contribution in [0.4, 0.5) is 5.82 Å². The SMILES string of the molecule is CCc1nc(NC)cc(-c2cccc3ncccc23)n1. The van der Waals surface area contributed by atoms with Crippen LogP contribution in [0.2, 0.25) is 0 Å². The van der Waals surface area contributed by atoms with Crippen molar-refractivity contribution in [3.05, 3.63) is 48.4 Å². The molecular formula is C16H16N4. The minimum atomic E-state index is 0.811. The molecule has 0 spiro atoms. The molecule has 100 valence electrons. The Morgan fingerprint density at radius 2 is 2.00 bits per heavy atom. The Kier molecular flexibility index (Phi) is 3.29. The molecule has 20 heavy (non-hydrogen) atoms. The molecule has 0 aliphatic carbocycles. The zero-order valence-corrected chi connectivity index (χ0v) is 11.6. The minimum absolute atomic E-state index is 0.811. The summed E-state index contributed by atoms with van der Waals surface area (Å²) in [6.45, 7) is 2.06. The highest BCUT2D eigenvalue weighted by molar-refractivity contribution is 5.93. The van der Waals surface area contributed by atoms with E-state index in [1.807, 2.05) is 37.5 Å². The van der Waals surface area contributed by atoms with E-state index in [9.17, 15) is 0 Å². The van der Waals surface area contributed by atoms with Crippen LogP contribution in [0.25, 0.3) is 22.2 Å². The maximum Gasteiger partial charge on any atom is 0.131 e. The van der Waals surface area contributed by atoms with Crippen molar-refractivity contribution in [3.63, 3.8) is 0 Å². The summed E-state index contributed by atoms with van der Waals surface area (Å²) in [7, 11) is 1.87. The number of aryl methyl sites for hydroxylation is 1. The van der Waals surface area contributed by atoms with Crippen molar-refractivity contribution >= 4 is 16.7 Å². The van der Waals surface area contributed by atoms with Crippen molar-refractivity contribution in [1.82, 2.24) is 15.0 Å². The zero-order valence-electron chi connectivity index (χ0n) is 11.6. The molecule has 0 amide bonds. The number of anilines is 1. The average Bonchev–Trinajstić information content (AvgIpc) is 2.53. The summed E-state index contributed by atoms with van der Waals surface area (Å²) in [5.74, 6) is 1.68. The van der Waals surface area contributed by atoms with Crippen molar-refractivity contribution in [2.45, 2.75) is 13.3 Å². The van der Waals surface area contributed by atoms with Gasteiger partial charge in [0.15, 0.2) is 0 Å². The van der Waals surface area contributed by atoms with Gasteiger partial charge in [-0.2, -0.15) is 0 Å². The Morgan fingerprint density at radius 3 is 2.80 bits per heavy atom. The predicted octanol–water partition coefficient (Wildman–Crippen LogP) is 3.30. The van der Waals surface area contributed by atoms with Gasteiger partial charge < -0.3 is 5.32 Å². The van der Waals surface area contributed by atoms with Crippen LogP contribution in [0.5, 0.6) is 0 Å². The summed E-state index contributed by atoms with van der Waals surface area (Å²) in [6, 6.07) is 12.1. The molecular weight excluding hydrogens is 248 g/mol. The minimum Gasteiger partial charge on any atom is -0.373 e. The van der Waals surface area contributed by atoms with Crippen LogP contribution in [-0.2, 0) is 6.42 Å². The van der Waals surface area contributed by atoms with Crippen LogP contribution in [-0.4, -0.2) is 22.0 Å². The second-order valence-electron chi connectivity index (χ2n) is 4.53. The summed E-state index contributed by atoms with van der Waals surface area (Å²) in [6.07, 6.45) is 2.62. The van der Waals surface area contributed by atoms with E-state index in [2.05, 4.69) is 39.3 Å². The van der Waals surface area contributed by atoms with Crippen molar-refractivity contribution in [2.24, 2.45) is 0 Å². The number of fused-ring (bicyclic) bond motifs is 1. The van der Waals surface area contributed by atoms with Crippen molar-refractivity contribution in [1.29, 1.82) is 0 Å². The van der Waals surface area contributed by atoms with Crippen LogP contribution in [0.1, 0.15) is 12.7 Å². The van der Waals surface area contributed by atoms with Crippen LogP contribution in [0.3, 0.4) is 0 Å². The molecule has 0 unspecified atom stereocenters. The van der Waals surface area contributed by atoms with Gasteiger partial charge in [-0.05, 0) is 12.1 Å². The number of nitrogens with zero attached hydrogens (tertiary/aromatic N) is 3. The molecule has 0 aliphatic rings. The third kappa shape index (κ3) is 2.20. The average molecular weight is 264 g/mol. The first-order valence-electron chi connectivity index (χ1n) is 6.71. The number of pyridine rings is 1. The first-order valence-corrected chi connectivity index (χ1v) is 6.71. The predicted molar refractivity (Wildman–Crippen MR) is 81.7 cm³/mol. The molecule has 4 heteroatoms. The Bertz CT molecular complexity index is 725. The van der Waals surface area contributed by atoms with E-state index in [0.29, 0.717) is 0 Å². The van der Waals surface area contributed by atoms with E-state index >= 15 is 0 Å². The smallest absolute Gasteiger partial charge is 0.131 e. The summed E-state index contributed by atoms with van der Waals surface area (Å²) in [4.78, 5) is 13.5. The summed E-state index contributed by atoms with van der Waals surface area (Å²) >= 11 is 0. The van der Waals surface area contributed by atoms with E-state index in [1.54, 1.807) is 0 Å². The number of nitrogens with one attached hydrogen (secondary N) is 1. The lowest BCUT2D eigenvalue weighted by molar-refractivity contribution is 0.945. The summed E-state index contributed by atoms with van der Waals surface area (Å²) in [5, 5.41) is 4.20. The first kappa shape index (κ1) is 12.5. The topological polar surface area (TPSA) is 50.7 Å². The lowest BCUT2D eigenvalue weighted by Gasteiger charge is -2.09. The highest BCUT2D eigenvalue weighted by atomic mass is 15.0. The molecule has 0 bridgehead atoms. The highest BCUT2D eigenvalue weighted by Gasteiger charge is 2.08. The number of rotatable bonds is 3. The van der Waals surface area contributed by atoms with E-state index in [4.69, 9.17) is 0 Å². The van der Waals surface area contributed by atoms with Crippen LogP contribution in [0, 0.1) is 0 Å². The molecule has 0 radical (unpaired) electrons. The number of hydrogen-bond donors (Lipinski definition) is 1. The molecule has 2 heterocycles. The maximum absolute atomic E-state index is 4.64. The molecule has 0 saturated carbocycles. The van der Waals surface area contributed by atoms with Gasteiger partial charge in [0.1, 0.15) is 11.6 Å². The third-order valence-corrected chi connectivity index (χ3v) is 3.27. The molecule has 3 rings (SSSR count). The van der Waals surface area contributed by atoms with E-state index in [0.717, 1.165) is 40.2 Å². The summed E-state index contributed by atoms with van der Waals surface area (Å²) < 4.78 is 0. The fourth-order valence-electron chi connectivity index (χ4n) is 2.25. The molecule has 0 saturated heterocycles. The second-order valence-corrected chi connectivity index (χ2v) is 4.53. The van der Waals surface area contributed by atoms with Gasteiger partial charge >= 0.3 is 0 Å². The molecule has 1 N–H and O–H groups in total. The Balaban J connectivity index is 2.25. The quantitative estimate of drug-likeness (QED) is 0.788. The second kappa shape index (κ2) is 5.25. The zero-order chi connectivity index (χ0) is 13.9. The molecule has 2 aromatic heterocycles. The molecule has 4 nitrogen and oxygen atoms in total. The molecule has 1 aromatic carbocycles. The van der Waals surface area contributed by atoms with Gasteiger partial charge in [0, 0.05) is 36.7 Å². The largest absolute Gasteiger partial charge is 0.373 e. The standard InChI is InChI=1S/C16H16N4/c1-3-15-19-14(10-16(17-2)20-15)12-6-4-8-13-11(12)7-5-9-18-13/h4-10H,3H2,1-2H3,(H,17,19,20). The lowest BCUT2D eigenvalue weighted by Crippen LogP contribution is -2.01. The van der Waals surface area contributed by atoms with Gasteiger partial charge in [-0.25, -0.2) is 9.97 Å². The van der Waals surface area contributed by atoms with E-state index in [-0.39, 0.29) is 0 Å². The monoisotopic (exact) mass is 264 g/mol. The number of aromatic nitrogens is 3. The lowest BCUT2D eigenvalue weighted by atomic mass is 10.1. The first-order chi connectivity index (χ1) is 9.81. The van der Waals surface area contributed by atoms with E-state index in [1.165, 1.54) is 0 Å². The van der Waals surface area contributed by atoms with Gasteiger partial charge in [0.2, 0.25) is 0 Å². The van der Waals surface area contributed by atoms with Gasteiger partial charge in [0.25, 0.3) is 0 Å². The van der Waals surface area contributed by atoms with Crippen LogP contribution < -0.4 is 5.32 Å². The Hall–Kier alpha value is -2.49. The highest BCUT2D eigenvalue weighted by Crippen LogP contribution is 2.27. The normalized spacial score (nSPS) is 10.7. The van der Waals surface area contributed by atoms with Crippen LogP contribution >= 0.6 is 0 Å². The molecule has 3 aromatic rings.